The van der Waals surface area contributed by atoms with E-state index in [1.165, 1.54) is 6.42 Å². The molecule has 1 amide bonds. The summed E-state index contributed by atoms with van der Waals surface area (Å²) in [6, 6.07) is 7.33. The lowest BCUT2D eigenvalue weighted by Crippen LogP contribution is -2.27. The molecule has 1 aliphatic carbocycles. The Kier molecular flexibility index (Phi) is 3.41. The average molecular weight is 285 g/mol. The molecule has 1 saturated carbocycles. The van der Waals surface area contributed by atoms with Gasteiger partial charge in [-0.2, -0.15) is 0 Å². The zero-order chi connectivity index (χ0) is 15.0. The Morgan fingerprint density at radius 1 is 1.48 bits per heavy atom. The van der Waals surface area contributed by atoms with Crippen LogP contribution in [0.4, 0.5) is 5.69 Å². The summed E-state index contributed by atoms with van der Waals surface area (Å²) in [6.07, 6.45) is 2.75. The first-order valence-corrected chi connectivity index (χ1v) is 7.11. The van der Waals surface area contributed by atoms with Crippen LogP contribution in [0.25, 0.3) is 0 Å². The van der Waals surface area contributed by atoms with Crippen molar-refractivity contribution in [2.24, 2.45) is 5.92 Å². The molecule has 1 fully saturated rings. The molecule has 0 bridgehead atoms. The highest BCUT2D eigenvalue weighted by molar-refractivity contribution is 5.96. The predicted octanol–water partition coefficient (Wildman–Crippen LogP) is 2.65. The highest BCUT2D eigenvalue weighted by Crippen LogP contribution is 2.47. The molecule has 0 saturated heterocycles. The first-order valence-electron chi connectivity index (χ1n) is 7.11. The second kappa shape index (κ2) is 5.24. The van der Waals surface area contributed by atoms with Crippen LogP contribution in [0.3, 0.4) is 0 Å². The lowest BCUT2D eigenvalue weighted by Gasteiger charge is -2.16. The van der Waals surface area contributed by atoms with Gasteiger partial charge >= 0.3 is 0 Å². The van der Waals surface area contributed by atoms with Crippen LogP contribution < -0.4 is 5.73 Å². The summed E-state index contributed by atoms with van der Waals surface area (Å²) in [7, 11) is 1.72. The summed E-state index contributed by atoms with van der Waals surface area (Å²) in [5, 5.41) is 0. The van der Waals surface area contributed by atoms with E-state index in [9.17, 15) is 4.79 Å². The second-order valence-corrected chi connectivity index (χ2v) is 5.73. The topological polar surface area (TPSA) is 72.4 Å². The van der Waals surface area contributed by atoms with Gasteiger partial charge in [0.25, 0.3) is 5.91 Å². The maximum atomic E-state index is 12.3. The molecule has 2 aromatic heterocycles. The van der Waals surface area contributed by atoms with Crippen molar-refractivity contribution < 1.29 is 9.21 Å². The quantitative estimate of drug-likeness (QED) is 0.937. The molecule has 1 aliphatic rings. The van der Waals surface area contributed by atoms with Gasteiger partial charge in [-0.25, -0.2) is 4.98 Å². The molecule has 2 heterocycles. The van der Waals surface area contributed by atoms with E-state index < -0.39 is 0 Å². The van der Waals surface area contributed by atoms with Crippen LogP contribution in [0.5, 0.6) is 0 Å². The first kappa shape index (κ1) is 13.7. The van der Waals surface area contributed by atoms with Crippen LogP contribution in [-0.4, -0.2) is 22.8 Å². The van der Waals surface area contributed by atoms with Gasteiger partial charge in [0.15, 0.2) is 5.69 Å². The minimum Gasteiger partial charge on any atom is -0.464 e. The van der Waals surface area contributed by atoms with Crippen molar-refractivity contribution in [2.75, 3.05) is 12.8 Å². The Hall–Kier alpha value is -2.30. The van der Waals surface area contributed by atoms with Crippen LogP contribution in [0, 0.1) is 5.92 Å². The molecule has 2 N–H and O–H groups in total. The monoisotopic (exact) mass is 285 g/mol. The number of furan rings is 1. The van der Waals surface area contributed by atoms with E-state index in [-0.39, 0.29) is 11.6 Å². The number of pyridine rings is 1. The summed E-state index contributed by atoms with van der Waals surface area (Å²) in [4.78, 5) is 17.9. The van der Waals surface area contributed by atoms with Gasteiger partial charge in [-0.3, -0.25) is 4.79 Å². The Morgan fingerprint density at radius 2 is 2.24 bits per heavy atom. The van der Waals surface area contributed by atoms with E-state index in [0.29, 0.717) is 24.1 Å². The highest BCUT2D eigenvalue weighted by Gasteiger charge is 2.36. The molecule has 3 rings (SSSR count). The minimum atomic E-state index is -0.203. The fraction of sp³-hybridized carbons (Fsp3) is 0.375. The largest absolute Gasteiger partial charge is 0.464 e. The van der Waals surface area contributed by atoms with Crippen molar-refractivity contribution in [1.82, 2.24) is 9.88 Å². The summed E-state index contributed by atoms with van der Waals surface area (Å²) in [5.41, 5.74) is 6.46. The summed E-state index contributed by atoms with van der Waals surface area (Å²) in [5.74, 6) is 2.86. The zero-order valence-electron chi connectivity index (χ0n) is 12.2. The Balaban J connectivity index is 1.68. The zero-order valence-corrected chi connectivity index (χ0v) is 12.2. The fourth-order valence-corrected chi connectivity index (χ4v) is 2.48. The summed E-state index contributed by atoms with van der Waals surface area (Å²) in [6.45, 7) is 2.63. The number of nitrogen functional groups attached to an aromatic ring is 1. The number of nitrogens with zero attached hydrogens (tertiary/aromatic N) is 2. The van der Waals surface area contributed by atoms with E-state index >= 15 is 0 Å². The third kappa shape index (κ3) is 2.77. The third-order valence-electron chi connectivity index (χ3n) is 3.94. The number of carbonyl (C=O) groups excluding carboxylic acids is 1. The van der Waals surface area contributed by atoms with Crippen molar-refractivity contribution >= 4 is 11.6 Å². The number of rotatable bonds is 4. The van der Waals surface area contributed by atoms with Crippen LogP contribution >= 0.6 is 0 Å². The predicted molar refractivity (Wildman–Crippen MR) is 79.7 cm³/mol. The Labute approximate surface area is 123 Å². The highest BCUT2D eigenvalue weighted by atomic mass is 16.3. The van der Waals surface area contributed by atoms with Gasteiger partial charge in [-0.15, -0.1) is 0 Å². The molecule has 5 nitrogen and oxygen atoms in total. The number of anilines is 1. The molecule has 2 aromatic rings. The maximum absolute atomic E-state index is 12.3. The molecule has 2 unspecified atom stereocenters. The van der Waals surface area contributed by atoms with Crippen LogP contribution in [-0.2, 0) is 6.54 Å². The average Bonchev–Trinajstić information content (AvgIpc) is 3.01. The van der Waals surface area contributed by atoms with Gasteiger partial charge in [-0.05, 0) is 36.6 Å². The van der Waals surface area contributed by atoms with E-state index in [1.807, 2.05) is 12.1 Å². The molecule has 21 heavy (non-hydrogen) atoms. The molecule has 0 aromatic carbocycles. The van der Waals surface area contributed by atoms with E-state index in [4.69, 9.17) is 10.2 Å². The smallest absolute Gasteiger partial charge is 0.274 e. The molecular formula is C16H19N3O2. The number of hydrogen-bond acceptors (Lipinski definition) is 4. The molecule has 2 atom stereocenters. The molecule has 0 radical (unpaired) electrons. The number of nitrogens with two attached hydrogens (primary N) is 1. The maximum Gasteiger partial charge on any atom is 0.274 e. The van der Waals surface area contributed by atoms with Crippen molar-refractivity contribution in [2.45, 2.75) is 25.8 Å². The van der Waals surface area contributed by atoms with Crippen molar-refractivity contribution in [3.63, 3.8) is 0 Å². The van der Waals surface area contributed by atoms with Crippen molar-refractivity contribution in [1.29, 1.82) is 0 Å². The van der Waals surface area contributed by atoms with Gasteiger partial charge in [0.2, 0.25) is 0 Å². The summed E-state index contributed by atoms with van der Waals surface area (Å²) >= 11 is 0. The Morgan fingerprint density at radius 3 is 2.90 bits per heavy atom. The van der Waals surface area contributed by atoms with Gasteiger partial charge in [-0.1, -0.05) is 6.92 Å². The Bertz CT molecular complexity index is 665. The normalized spacial score (nSPS) is 20.3. The minimum absolute atomic E-state index is 0.203. The van der Waals surface area contributed by atoms with Gasteiger partial charge < -0.3 is 15.1 Å². The molecular weight excluding hydrogens is 266 g/mol. The number of aromatic nitrogens is 1. The molecule has 5 heteroatoms. The van der Waals surface area contributed by atoms with Crippen LogP contribution in [0.1, 0.15) is 41.3 Å². The molecule has 0 aliphatic heterocycles. The van der Waals surface area contributed by atoms with Crippen molar-refractivity contribution in [3.05, 3.63) is 47.7 Å². The first-order chi connectivity index (χ1) is 10.1. The van der Waals surface area contributed by atoms with E-state index in [0.717, 1.165) is 11.5 Å². The van der Waals surface area contributed by atoms with E-state index in [1.54, 1.807) is 30.3 Å². The van der Waals surface area contributed by atoms with Gasteiger partial charge in [0.05, 0.1) is 12.2 Å². The summed E-state index contributed by atoms with van der Waals surface area (Å²) < 4.78 is 5.82. The third-order valence-corrected chi connectivity index (χ3v) is 3.94. The molecule has 0 spiro atoms. The van der Waals surface area contributed by atoms with Gasteiger partial charge in [0, 0.05) is 19.2 Å². The van der Waals surface area contributed by atoms with Crippen LogP contribution in [0.15, 0.2) is 34.9 Å². The van der Waals surface area contributed by atoms with Gasteiger partial charge in [0.1, 0.15) is 11.5 Å². The fourth-order valence-electron chi connectivity index (χ4n) is 2.48. The lowest BCUT2D eigenvalue weighted by molar-refractivity contribution is 0.0770. The molecule has 110 valence electrons. The number of amides is 1. The second-order valence-electron chi connectivity index (χ2n) is 5.73. The SMILES string of the molecule is CC1CC1c1ccc(CN(C)C(=O)c2ncccc2N)o1. The standard InChI is InChI=1S/C16H19N3O2/c1-10-8-12(10)14-6-5-11(21-14)9-19(2)16(20)15-13(17)4-3-7-18-15/h3-7,10,12H,8-9,17H2,1-2H3. The van der Waals surface area contributed by atoms with E-state index in [2.05, 4.69) is 11.9 Å². The van der Waals surface area contributed by atoms with Crippen molar-refractivity contribution in [3.8, 4) is 0 Å². The van der Waals surface area contributed by atoms with Crippen LogP contribution in [0.2, 0.25) is 0 Å². The number of hydrogen-bond donors (Lipinski definition) is 1. The number of carbonyl (C=O) groups is 1. The lowest BCUT2D eigenvalue weighted by atomic mass is 10.2.